The van der Waals surface area contributed by atoms with Crippen LogP contribution in [0.1, 0.15) is 77.0 Å². The molecule has 6 rings (SSSR count). The highest BCUT2D eigenvalue weighted by atomic mass is 16.5. The lowest BCUT2D eigenvalue weighted by molar-refractivity contribution is 0.0503. The van der Waals surface area contributed by atoms with Crippen LogP contribution in [0.2, 0.25) is 0 Å². The fourth-order valence-corrected chi connectivity index (χ4v) is 4.90. The van der Waals surface area contributed by atoms with E-state index in [0.717, 1.165) is 38.4 Å². The maximum atomic E-state index is 5.10. The van der Waals surface area contributed by atoms with Gasteiger partial charge in [0.15, 0.2) is 0 Å². The number of morpholine rings is 1. The van der Waals surface area contributed by atoms with E-state index >= 15 is 0 Å². The first-order valence-corrected chi connectivity index (χ1v) is 15.0. The van der Waals surface area contributed by atoms with E-state index in [1.165, 1.54) is 116 Å². The summed E-state index contributed by atoms with van der Waals surface area (Å²) in [5.41, 5.74) is 0. The fraction of sp³-hybridized carbons (Fsp3) is 1.00. The number of nitrogens with zero attached hydrogens (tertiary/aromatic N) is 5. The lowest BCUT2D eigenvalue weighted by atomic mass is 10.1. The quantitative estimate of drug-likeness (QED) is 0.572. The summed E-state index contributed by atoms with van der Waals surface area (Å²) in [5, 5.41) is 0. The molecule has 6 nitrogen and oxygen atoms in total. The monoisotopic (exact) mass is 495 g/mol. The molecule has 6 fully saturated rings. The molecule has 0 spiro atoms. The van der Waals surface area contributed by atoms with Crippen LogP contribution in [-0.2, 0) is 4.74 Å². The van der Waals surface area contributed by atoms with E-state index in [-0.39, 0.29) is 0 Å². The Morgan fingerprint density at radius 1 is 0.457 bits per heavy atom. The fourth-order valence-electron chi connectivity index (χ4n) is 4.90. The van der Waals surface area contributed by atoms with Crippen molar-refractivity contribution in [2.24, 2.45) is 0 Å². The van der Waals surface area contributed by atoms with Gasteiger partial charge in [0, 0.05) is 25.2 Å². The van der Waals surface area contributed by atoms with E-state index in [9.17, 15) is 0 Å². The highest BCUT2D eigenvalue weighted by molar-refractivity contribution is 4.92. The Labute approximate surface area is 219 Å². The number of ether oxygens (including phenoxy) is 1. The predicted octanol–water partition coefficient (Wildman–Crippen LogP) is 4.11. The van der Waals surface area contributed by atoms with E-state index in [1.54, 1.807) is 0 Å². The van der Waals surface area contributed by atoms with Crippen LogP contribution in [0.15, 0.2) is 0 Å². The lowest BCUT2D eigenvalue weighted by Crippen LogP contribution is -2.32. The van der Waals surface area contributed by atoms with Gasteiger partial charge in [0.1, 0.15) is 0 Å². The van der Waals surface area contributed by atoms with Crippen molar-refractivity contribution in [1.82, 2.24) is 24.5 Å². The highest BCUT2D eigenvalue weighted by Gasteiger charge is 2.35. The molecule has 0 radical (unpaired) electrons. The Hall–Kier alpha value is -0.240. The van der Waals surface area contributed by atoms with Crippen molar-refractivity contribution in [3.63, 3.8) is 0 Å². The summed E-state index contributed by atoms with van der Waals surface area (Å²) in [6.45, 7) is 11.9. The van der Waals surface area contributed by atoms with Crippen molar-refractivity contribution < 1.29 is 4.74 Å². The van der Waals surface area contributed by atoms with E-state index < -0.39 is 0 Å². The van der Waals surface area contributed by atoms with Crippen molar-refractivity contribution >= 4 is 0 Å². The molecule has 0 aromatic heterocycles. The maximum absolute atomic E-state index is 5.10. The summed E-state index contributed by atoms with van der Waals surface area (Å²) in [7, 11) is 10.9. The zero-order valence-corrected chi connectivity index (χ0v) is 24.4. The molecule has 0 aromatic carbocycles. The first-order chi connectivity index (χ1) is 17.0. The minimum Gasteiger partial charge on any atom is -0.379 e. The second-order valence-electron chi connectivity index (χ2n) is 11.8. The topological polar surface area (TPSA) is 25.4 Å². The van der Waals surface area contributed by atoms with Crippen molar-refractivity contribution in [2.75, 3.05) is 101 Å². The molecule has 2 saturated carbocycles. The Bertz CT molecular complexity index is 425. The van der Waals surface area contributed by atoms with Gasteiger partial charge in [-0.1, -0.05) is 12.8 Å². The third kappa shape index (κ3) is 17.0. The van der Waals surface area contributed by atoms with Crippen LogP contribution in [0.3, 0.4) is 0 Å². The Morgan fingerprint density at radius 2 is 0.743 bits per heavy atom. The van der Waals surface area contributed by atoms with E-state index in [2.05, 4.69) is 59.7 Å². The van der Waals surface area contributed by atoms with Gasteiger partial charge in [-0.2, -0.15) is 0 Å². The normalized spacial score (nSPS) is 26.2. The summed E-state index contributed by atoms with van der Waals surface area (Å²) >= 11 is 0. The molecule has 0 atom stereocenters. The second-order valence-corrected chi connectivity index (χ2v) is 11.8. The summed E-state index contributed by atoms with van der Waals surface area (Å²) in [5.74, 6) is 0. The molecule has 6 aliphatic rings. The van der Waals surface area contributed by atoms with Crippen LogP contribution in [0.25, 0.3) is 0 Å². The Balaban J connectivity index is 0.000000155. The molecule has 6 heteroatoms. The SMILES string of the molecule is CN(C1CC1)C1CC1.CN1CCCC1.CN1CCCCC1.CN1CCCCC1.CN1CCOCC1. The maximum Gasteiger partial charge on any atom is 0.0594 e. The van der Waals surface area contributed by atoms with Crippen molar-refractivity contribution in [3.8, 4) is 0 Å². The standard InChI is InChI=1S/C7H13N.2C6H13N.C5H11NO.C5H11N/c1-8(6-2-3-6)7-4-5-7;2*1-7-5-3-2-4-6-7;1-6-2-4-7-5-3-6;1-6-4-2-3-5-6/h6-7H,2-5H2,1H3;2*2-6H2,1H3;2-5H2,1H3;2-5H2,1H3. The number of likely N-dealkylation sites (tertiary alicyclic amines) is 3. The molecule has 0 aromatic rings. The summed E-state index contributed by atoms with van der Waals surface area (Å²) < 4.78 is 5.10. The largest absolute Gasteiger partial charge is 0.379 e. The molecule has 4 saturated heterocycles. The third-order valence-corrected chi connectivity index (χ3v) is 7.97. The zero-order chi connectivity index (χ0) is 25.3. The average Bonchev–Trinajstić information content (AvgIpc) is 3.81. The smallest absolute Gasteiger partial charge is 0.0594 e. The van der Waals surface area contributed by atoms with Gasteiger partial charge in [0.2, 0.25) is 0 Å². The third-order valence-electron chi connectivity index (χ3n) is 7.97. The number of hydrogen-bond donors (Lipinski definition) is 0. The van der Waals surface area contributed by atoms with E-state index in [4.69, 9.17) is 4.74 Å². The van der Waals surface area contributed by atoms with Crippen LogP contribution in [0.4, 0.5) is 0 Å². The van der Waals surface area contributed by atoms with Crippen molar-refractivity contribution in [3.05, 3.63) is 0 Å². The molecule has 0 unspecified atom stereocenters. The van der Waals surface area contributed by atoms with Crippen LogP contribution in [0, 0.1) is 0 Å². The van der Waals surface area contributed by atoms with E-state index in [0.29, 0.717) is 0 Å². The second kappa shape index (κ2) is 18.9. The molecule has 2 aliphatic carbocycles. The molecule has 4 aliphatic heterocycles. The molecule has 0 N–H and O–H groups in total. The predicted molar refractivity (Wildman–Crippen MR) is 152 cm³/mol. The summed E-state index contributed by atoms with van der Waals surface area (Å²) in [4.78, 5) is 12.0. The minimum absolute atomic E-state index is 0.913. The van der Waals surface area contributed by atoms with Gasteiger partial charge >= 0.3 is 0 Å². The number of rotatable bonds is 2. The molecule has 0 amide bonds. The first-order valence-electron chi connectivity index (χ1n) is 15.0. The molecule has 0 bridgehead atoms. The van der Waals surface area contributed by atoms with Crippen LogP contribution in [-0.4, -0.2) is 137 Å². The van der Waals surface area contributed by atoms with Gasteiger partial charge in [0.25, 0.3) is 0 Å². The van der Waals surface area contributed by atoms with Gasteiger partial charge in [-0.15, -0.1) is 0 Å². The Morgan fingerprint density at radius 3 is 0.914 bits per heavy atom. The van der Waals surface area contributed by atoms with Crippen molar-refractivity contribution in [2.45, 2.75) is 89.1 Å². The zero-order valence-electron chi connectivity index (χ0n) is 24.4. The van der Waals surface area contributed by atoms with E-state index in [1.807, 2.05) is 0 Å². The van der Waals surface area contributed by atoms with Gasteiger partial charge in [-0.3, -0.25) is 0 Å². The van der Waals surface area contributed by atoms with Gasteiger partial charge in [0.05, 0.1) is 13.2 Å². The van der Waals surface area contributed by atoms with Crippen LogP contribution < -0.4 is 0 Å². The van der Waals surface area contributed by atoms with Gasteiger partial charge in [-0.25, -0.2) is 0 Å². The molecule has 208 valence electrons. The lowest BCUT2D eigenvalue weighted by Gasteiger charge is -2.21. The molecular weight excluding hydrogens is 434 g/mol. The van der Waals surface area contributed by atoms with Gasteiger partial charge < -0.3 is 29.2 Å². The average molecular weight is 496 g/mol. The number of piperidine rings is 2. The first kappa shape index (κ1) is 31.0. The number of likely N-dealkylation sites (N-methyl/N-ethyl adjacent to an activating group) is 1. The van der Waals surface area contributed by atoms with Crippen LogP contribution >= 0.6 is 0 Å². The highest BCUT2D eigenvalue weighted by Crippen LogP contribution is 2.35. The molecular formula is C29H61N5O. The van der Waals surface area contributed by atoms with Gasteiger partial charge in [-0.05, 0) is 139 Å². The summed E-state index contributed by atoms with van der Waals surface area (Å²) in [6, 6.07) is 1.98. The van der Waals surface area contributed by atoms with Crippen molar-refractivity contribution in [1.29, 1.82) is 0 Å². The summed E-state index contributed by atoms with van der Waals surface area (Å²) in [6.07, 6.45) is 17.2. The molecule has 35 heavy (non-hydrogen) atoms. The number of hydrogen-bond acceptors (Lipinski definition) is 6. The molecule has 4 heterocycles. The Kier molecular flexibility index (Phi) is 16.7. The minimum atomic E-state index is 0.913. The van der Waals surface area contributed by atoms with Crippen LogP contribution in [0.5, 0.6) is 0 Å².